The van der Waals surface area contributed by atoms with Crippen LogP contribution in [0.1, 0.15) is 43.9 Å². The largest absolute Gasteiger partial charge is 0.496 e. The van der Waals surface area contributed by atoms with E-state index in [9.17, 15) is 0 Å². The Morgan fingerprint density at radius 2 is 1.82 bits per heavy atom. The Labute approximate surface area is 105 Å². The van der Waals surface area contributed by atoms with Gasteiger partial charge in [0.25, 0.3) is 0 Å². The minimum absolute atomic E-state index is 0.196. The summed E-state index contributed by atoms with van der Waals surface area (Å²) >= 11 is 0. The van der Waals surface area contributed by atoms with Crippen LogP contribution in [0, 0.1) is 12.8 Å². The number of hydrogen-bond donors (Lipinski definition) is 0. The van der Waals surface area contributed by atoms with Gasteiger partial charge < -0.3 is 9.47 Å². The lowest BCUT2D eigenvalue weighted by atomic mass is 9.98. The topological polar surface area (TPSA) is 18.5 Å². The summed E-state index contributed by atoms with van der Waals surface area (Å²) in [6.45, 7) is 6.55. The normalized spacial score (nSPS) is 12.8. The zero-order chi connectivity index (χ0) is 12.8. The highest BCUT2D eigenvalue weighted by Gasteiger charge is 2.12. The van der Waals surface area contributed by atoms with Crippen molar-refractivity contribution in [1.29, 1.82) is 0 Å². The van der Waals surface area contributed by atoms with Crippen molar-refractivity contribution >= 4 is 0 Å². The molecule has 0 heterocycles. The van der Waals surface area contributed by atoms with Crippen LogP contribution in [0.4, 0.5) is 0 Å². The molecule has 1 atom stereocenters. The molecule has 0 radical (unpaired) electrons. The fraction of sp³-hybridized carbons (Fsp3) is 0.600. The molecule has 2 nitrogen and oxygen atoms in total. The first-order chi connectivity index (χ1) is 8.08. The lowest BCUT2D eigenvalue weighted by Gasteiger charge is -2.18. The van der Waals surface area contributed by atoms with E-state index in [-0.39, 0.29) is 6.10 Å². The molecule has 0 aliphatic rings. The van der Waals surface area contributed by atoms with Crippen LogP contribution in [0.2, 0.25) is 0 Å². The number of benzene rings is 1. The number of hydrogen-bond acceptors (Lipinski definition) is 2. The van der Waals surface area contributed by atoms with E-state index in [1.807, 2.05) is 6.07 Å². The summed E-state index contributed by atoms with van der Waals surface area (Å²) in [4.78, 5) is 0. The van der Waals surface area contributed by atoms with Crippen LogP contribution in [0.15, 0.2) is 18.2 Å². The first kappa shape index (κ1) is 14.0. The zero-order valence-electron chi connectivity index (χ0n) is 11.6. The van der Waals surface area contributed by atoms with Crippen LogP contribution >= 0.6 is 0 Å². The molecule has 96 valence electrons. The summed E-state index contributed by atoms with van der Waals surface area (Å²) in [5.74, 6) is 1.65. The molecule has 0 spiro atoms. The summed E-state index contributed by atoms with van der Waals surface area (Å²) in [6, 6.07) is 6.28. The molecule has 0 amide bonds. The Morgan fingerprint density at radius 1 is 1.12 bits per heavy atom. The van der Waals surface area contributed by atoms with Gasteiger partial charge >= 0.3 is 0 Å². The van der Waals surface area contributed by atoms with Crippen molar-refractivity contribution in [3.05, 3.63) is 29.3 Å². The Morgan fingerprint density at radius 3 is 2.29 bits per heavy atom. The van der Waals surface area contributed by atoms with Gasteiger partial charge in [-0.1, -0.05) is 19.9 Å². The summed E-state index contributed by atoms with van der Waals surface area (Å²) in [7, 11) is 3.49. The molecule has 1 aromatic rings. The van der Waals surface area contributed by atoms with Gasteiger partial charge in [-0.05, 0) is 48.9 Å². The lowest BCUT2D eigenvalue weighted by Crippen LogP contribution is -2.04. The van der Waals surface area contributed by atoms with Crippen molar-refractivity contribution in [2.24, 2.45) is 5.92 Å². The Balaban J connectivity index is 2.78. The van der Waals surface area contributed by atoms with Crippen LogP contribution in [-0.2, 0) is 4.74 Å². The summed E-state index contributed by atoms with van der Waals surface area (Å²) in [5, 5.41) is 0. The average Bonchev–Trinajstić information content (AvgIpc) is 2.29. The minimum atomic E-state index is 0.196. The molecule has 0 bridgehead atoms. The maximum absolute atomic E-state index is 5.57. The van der Waals surface area contributed by atoms with Gasteiger partial charge in [0.05, 0.1) is 13.2 Å². The van der Waals surface area contributed by atoms with Gasteiger partial charge in [-0.2, -0.15) is 0 Å². The molecule has 1 aromatic carbocycles. The van der Waals surface area contributed by atoms with Crippen molar-refractivity contribution in [3.63, 3.8) is 0 Å². The van der Waals surface area contributed by atoms with Crippen molar-refractivity contribution in [3.8, 4) is 5.75 Å². The number of rotatable bonds is 6. The lowest BCUT2D eigenvalue weighted by molar-refractivity contribution is 0.0905. The van der Waals surface area contributed by atoms with E-state index in [1.165, 1.54) is 12.0 Å². The second kappa shape index (κ2) is 6.65. The van der Waals surface area contributed by atoms with Crippen LogP contribution < -0.4 is 4.74 Å². The standard InChI is InChI=1S/C15H24O2/c1-11(2)6-8-15(17-5)13-7-9-14(16-4)12(3)10-13/h7,9-11,15H,6,8H2,1-5H3. The van der Waals surface area contributed by atoms with Crippen LogP contribution in [0.5, 0.6) is 5.75 Å². The molecule has 1 rings (SSSR count). The second-order valence-electron chi connectivity index (χ2n) is 4.92. The number of ether oxygens (including phenoxy) is 2. The van der Waals surface area contributed by atoms with Gasteiger partial charge in [-0.15, -0.1) is 0 Å². The Kier molecular flexibility index (Phi) is 5.49. The van der Waals surface area contributed by atoms with E-state index in [1.54, 1.807) is 14.2 Å². The molecular formula is C15H24O2. The van der Waals surface area contributed by atoms with E-state index in [0.29, 0.717) is 5.92 Å². The van der Waals surface area contributed by atoms with Crippen LogP contribution in [0.25, 0.3) is 0 Å². The Bertz CT molecular complexity index is 345. The van der Waals surface area contributed by atoms with E-state index < -0.39 is 0 Å². The molecule has 0 aliphatic carbocycles. The zero-order valence-corrected chi connectivity index (χ0v) is 11.6. The van der Waals surface area contributed by atoms with Gasteiger partial charge in [-0.25, -0.2) is 0 Å². The predicted octanol–water partition coefficient (Wildman–Crippen LogP) is 4.13. The van der Waals surface area contributed by atoms with Gasteiger partial charge in [0.1, 0.15) is 5.75 Å². The van der Waals surface area contributed by atoms with E-state index in [4.69, 9.17) is 9.47 Å². The second-order valence-corrected chi connectivity index (χ2v) is 4.92. The molecular weight excluding hydrogens is 212 g/mol. The molecule has 2 heteroatoms. The van der Waals surface area contributed by atoms with E-state index in [2.05, 4.69) is 32.9 Å². The van der Waals surface area contributed by atoms with Crippen molar-refractivity contribution in [2.45, 2.75) is 39.7 Å². The third kappa shape index (κ3) is 4.04. The molecule has 0 fully saturated rings. The highest BCUT2D eigenvalue weighted by atomic mass is 16.5. The maximum atomic E-state index is 5.57. The van der Waals surface area contributed by atoms with Gasteiger partial charge in [0.15, 0.2) is 0 Å². The Hall–Kier alpha value is -1.02. The molecule has 0 saturated carbocycles. The van der Waals surface area contributed by atoms with Crippen LogP contribution in [0.3, 0.4) is 0 Å². The van der Waals surface area contributed by atoms with Gasteiger partial charge in [-0.3, -0.25) is 0 Å². The first-order valence-electron chi connectivity index (χ1n) is 6.25. The highest BCUT2D eigenvalue weighted by Crippen LogP contribution is 2.28. The number of methoxy groups -OCH3 is 2. The third-order valence-electron chi connectivity index (χ3n) is 3.08. The van der Waals surface area contributed by atoms with Crippen molar-refractivity contribution < 1.29 is 9.47 Å². The quantitative estimate of drug-likeness (QED) is 0.739. The first-order valence-corrected chi connectivity index (χ1v) is 6.25. The van der Waals surface area contributed by atoms with Gasteiger partial charge in [0, 0.05) is 7.11 Å². The predicted molar refractivity (Wildman–Crippen MR) is 71.6 cm³/mol. The number of aryl methyl sites for hydroxylation is 1. The molecule has 0 saturated heterocycles. The maximum Gasteiger partial charge on any atom is 0.121 e. The monoisotopic (exact) mass is 236 g/mol. The molecule has 0 aromatic heterocycles. The highest BCUT2D eigenvalue weighted by molar-refractivity contribution is 5.37. The van der Waals surface area contributed by atoms with Gasteiger partial charge in [0.2, 0.25) is 0 Å². The average molecular weight is 236 g/mol. The van der Waals surface area contributed by atoms with Crippen LogP contribution in [-0.4, -0.2) is 14.2 Å². The fourth-order valence-electron chi connectivity index (χ4n) is 2.01. The van der Waals surface area contributed by atoms with Crippen molar-refractivity contribution in [1.82, 2.24) is 0 Å². The SMILES string of the molecule is COc1ccc(C(CCC(C)C)OC)cc1C. The summed E-state index contributed by atoms with van der Waals surface area (Å²) in [6.07, 6.45) is 2.45. The van der Waals surface area contributed by atoms with E-state index >= 15 is 0 Å². The minimum Gasteiger partial charge on any atom is -0.496 e. The smallest absolute Gasteiger partial charge is 0.121 e. The molecule has 17 heavy (non-hydrogen) atoms. The van der Waals surface area contributed by atoms with E-state index in [0.717, 1.165) is 17.7 Å². The third-order valence-corrected chi connectivity index (χ3v) is 3.08. The molecule has 1 unspecified atom stereocenters. The fourth-order valence-corrected chi connectivity index (χ4v) is 2.01. The summed E-state index contributed by atoms with van der Waals surface area (Å²) in [5.41, 5.74) is 2.41. The van der Waals surface area contributed by atoms with Crippen molar-refractivity contribution in [2.75, 3.05) is 14.2 Å². The molecule has 0 N–H and O–H groups in total. The summed E-state index contributed by atoms with van der Waals surface area (Å²) < 4.78 is 10.8. The molecule has 0 aliphatic heterocycles.